The van der Waals surface area contributed by atoms with Gasteiger partial charge in [-0.05, 0) is 30.9 Å². The molecule has 1 aromatic rings. The number of nitrogens with zero attached hydrogens (tertiary/aromatic N) is 1. The first-order chi connectivity index (χ1) is 8.24. The number of carbonyl (C=O) groups is 1. The van der Waals surface area contributed by atoms with Crippen molar-refractivity contribution in [2.75, 3.05) is 19.7 Å². The largest absolute Gasteiger partial charge is 0.455 e. The minimum atomic E-state index is -0.108. The molecular weight excluding hydrogens is 220 g/mol. The van der Waals surface area contributed by atoms with Crippen LogP contribution in [0.4, 0.5) is 0 Å². The van der Waals surface area contributed by atoms with E-state index >= 15 is 0 Å². The van der Waals surface area contributed by atoms with Crippen LogP contribution in [0.15, 0.2) is 16.5 Å². The molecule has 1 aliphatic heterocycles. The van der Waals surface area contributed by atoms with Gasteiger partial charge < -0.3 is 20.2 Å². The van der Waals surface area contributed by atoms with Crippen molar-refractivity contribution in [3.8, 4) is 0 Å². The van der Waals surface area contributed by atoms with E-state index in [2.05, 4.69) is 0 Å². The van der Waals surface area contributed by atoms with Crippen LogP contribution in [0.5, 0.6) is 0 Å². The van der Waals surface area contributed by atoms with E-state index in [1.807, 2.05) is 0 Å². The molecule has 1 aliphatic rings. The standard InChI is InChI=1S/C12H18N2O3/c13-6-10-3-4-11(17-10)12(16)14-5-1-2-9(7-14)8-15/h3-4,9,15H,1-2,5-8,13H2. The van der Waals surface area contributed by atoms with E-state index in [-0.39, 0.29) is 18.4 Å². The van der Waals surface area contributed by atoms with Crippen LogP contribution in [-0.4, -0.2) is 35.6 Å². The Morgan fingerprint density at radius 2 is 2.41 bits per heavy atom. The summed E-state index contributed by atoms with van der Waals surface area (Å²) in [6, 6.07) is 3.38. The minimum Gasteiger partial charge on any atom is -0.455 e. The van der Waals surface area contributed by atoms with Gasteiger partial charge in [0.05, 0.1) is 6.54 Å². The number of furan rings is 1. The predicted octanol–water partition coefficient (Wildman–Crippen LogP) is 0.583. The smallest absolute Gasteiger partial charge is 0.289 e. The Balaban J connectivity index is 2.03. The maximum atomic E-state index is 12.1. The first-order valence-corrected chi connectivity index (χ1v) is 5.93. The van der Waals surface area contributed by atoms with Crippen molar-refractivity contribution in [2.45, 2.75) is 19.4 Å². The van der Waals surface area contributed by atoms with E-state index in [0.29, 0.717) is 24.6 Å². The van der Waals surface area contributed by atoms with Crippen LogP contribution in [0.2, 0.25) is 0 Å². The van der Waals surface area contributed by atoms with Gasteiger partial charge in [-0.15, -0.1) is 0 Å². The molecule has 2 rings (SSSR count). The summed E-state index contributed by atoms with van der Waals surface area (Å²) in [6.45, 7) is 1.77. The molecule has 1 atom stereocenters. The van der Waals surface area contributed by atoms with Gasteiger partial charge in [0, 0.05) is 19.7 Å². The zero-order valence-corrected chi connectivity index (χ0v) is 9.76. The number of rotatable bonds is 3. The number of piperidine rings is 1. The third kappa shape index (κ3) is 2.68. The zero-order valence-electron chi connectivity index (χ0n) is 9.76. The Hall–Kier alpha value is -1.33. The Morgan fingerprint density at radius 3 is 3.06 bits per heavy atom. The molecule has 1 saturated heterocycles. The van der Waals surface area contributed by atoms with Crippen molar-refractivity contribution in [3.63, 3.8) is 0 Å². The maximum Gasteiger partial charge on any atom is 0.289 e. The summed E-state index contributed by atoms with van der Waals surface area (Å²) in [7, 11) is 0. The first kappa shape index (κ1) is 12.1. The fraction of sp³-hybridized carbons (Fsp3) is 0.583. The van der Waals surface area contributed by atoms with Gasteiger partial charge in [0.25, 0.3) is 5.91 Å². The highest BCUT2D eigenvalue weighted by Gasteiger charge is 2.25. The highest BCUT2D eigenvalue weighted by Crippen LogP contribution is 2.19. The van der Waals surface area contributed by atoms with Crippen molar-refractivity contribution in [1.82, 2.24) is 4.90 Å². The SMILES string of the molecule is NCc1ccc(C(=O)N2CCCC(CO)C2)o1. The lowest BCUT2D eigenvalue weighted by atomic mass is 9.99. The fourth-order valence-electron chi connectivity index (χ4n) is 2.16. The Labute approximate surface area is 100 Å². The number of likely N-dealkylation sites (tertiary alicyclic amines) is 1. The molecule has 17 heavy (non-hydrogen) atoms. The van der Waals surface area contributed by atoms with Crippen molar-refractivity contribution in [3.05, 3.63) is 23.7 Å². The molecule has 94 valence electrons. The molecule has 0 radical (unpaired) electrons. The molecule has 1 unspecified atom stereocenters. The number of amides is 1. The summed E-state index contributed by atoms with van der Waals surface area (Å²) in [4.78, 5) is 13.8. The van der Waals surface area contributed by atoms with Crippen molar-refractivity contribution in [2.24, 2.45) is 11.7 Å². The van der Waals surface area contributed by atoms with E-state index in [1.165, 1.54) is 0 Å². The van der Waals surface area contributed by atoms with Gasteiger partial charge in [0.1, 0.15) is 5.76 Å². The monoisotopic (exact) mass is 238 g/mol. The van der Waals surface area contributed by atoms with Crippen molar-refractivity contribution < 1.29 is 14.3 Å². The molecule has 0 aromatic carbocycles. The summed E-state index contributed by atoms with van der Waals surface area (Å²) in [5.74, 6) is 1.03. The minimum absolute atomic E-state index is 0.108. The van der Waals surface area contributed by atoms with Gasteiger partial charge in [-0.3, -0.25) is 4.79 Å². The molecule has 0 aliphatic carbocycles. The molecule has 1 aromatic heterocycles. The molecular formula is C12H18N2O3. The molecule has 1 fully saturated rings. The van der Waals surface area contributed by atoms with Gasteiger partial charge >= 0.3 is 0 Å². The van der Waals surface area contributed by atoms with E-state index in [4.69, 9.17) is 15.3 Å². The molecule has 5 heteroatoms. The van der Waals surface area contributed by atoms with E-state index in [9.17, 15) is 4.79 Å². The quantitative estimate of drug-likeness (QED) is 0.807. The molecule has 5 nitrogen and oxygen atoms in total. The van der Waals surface area contributed by atoms with E-state index in [1.54, 1.807) is 17.0 Å². The third-order valence-electron chi connectivity index (χ3n) is 3.14. The zero-order chi connectivity index (χ0) is 12.3. The van der Waals surface area contributed by atoms with Crippen LogP contribution in [0, 0.1) is 5.92 Å². The van der Waals surface area contributed by atoms with Crippen LogP contribution < -0.4 is 5.73 Å². The van der Waals surface area contributed by atoms with Crippen LogP contribution in [-0.2, 0) is 6.54 Å². The second-order valence-electron chi connectivity index (χ2n) is 4.41. The van der Waals surface area contributed by atoms with Crippen LogP contribution >= 0.6 is 0 Å². The highest BCUT2D eigenvalue weighted by molar-refractivity contribution is 5.91. The third-order valence-corrected chi connectivity index (χ3v) is 3.14. The van der Waals surface area contributed by atoms with Gasteiger partial charge in [-0.25, -0.2) is 0 Å². The molecule has 0 saturated carbocycles. The normalized spacial score (nSPS) is 20.6. The fourth-order valence-corrected chi connectivity index (χ4v) is 2.16. The second kappa shape index (κ2) is 5.33. The predicted molar refractivity (Wildman–Crippen MR) is 62.3 cm³/mol. The molecule has 2 heterocycles. The van der Waals surface area contributed by atoms with E-state index in [0.717, 1.165) is 19.4 Å². The summed E-state index contributed by atoms with van der Waals surface area (Å²) < 4.78 is 5.34. The van der Waals surface area contributed by atoms with E-state index < -0.39 is 0 Å². The second-order valence-corrected chi connectivity index (χ2v) is 4.41. The van der Waals surface area contributed by atoms with Crippen LogP contribution in [0.1, 0.15) is 29.2 Å². The molecule has 1 amide bonds. The van der Waals surface area contributed by atoms with Crippen LogP contribution in [0.25, 0.3) is 0 Å². The topological polar surface area (TPSA) is 79.7 Å². The average Bonchev–Trinajstić information content (AvgIpc) is 2.86. The Kier molecular flexibility index (Phi) is 3.81. The molecule has 3 N–H and O–H groups in total. The summed E-state index contributed by atoms with van der Waals surface area (Å²) >= 11 is 0. The van der Waals surface area contributed by atoms with Gasteiger partial charge in [-0.2, -0.15) is 0 Å². The lowest BCUT2D eigenvalue weighted by Crippen LogP contribution is -2.40. The van der Waals surface area contributed by atoms with Crippen molar-refractivity contribution in [1.29, 1.82) is 0 Å². The Morgan fingerprint density at radius 1 is 1.59 bits per heavy atom. The molecule has 0 spiro atoms. The number of hydrogen-bond donors (Lipinski definition) is 2. The lowest BCUT2D eigenvalue weighted by Gasteiger charge is -2.31. The van der Waals surface area contributed by atoms with Gasteiger partial charge in [0.2, 0.25) is 0 Å². The molecule has 0 bridgehead atoms. The first-order valence-electron chi connectivity index (χ1n) is 5.93. The Bertz CT molecular complexity index is 389. The summed E-state index contributed by atoms with van der Waals surface area (Å²) in [5, 5.41) is 9.13. The summed E-state index contributed by atoms with van der Waals surface area (Å²) in [5.41, 5.74) is 5.43. The van der Waals surface area contributed by atoms with Crippen molar-refractivity contribution >= 4 is 5.91 Å². The number of hydrogen-bond acceptors (Lipinski definition) is 4. The number of nitrogens with two attached hydrogens (primary N) is 1. The highest BCUT2D eigenvalue weighted by atomic mass is 16.4. The maximum absolute atomic E-state index is 12.1. The van der Waals surface area contributed by atoms with Gasteiger partial charge in [-0.1, -0.05) is 0 Å². The van der Waals surface area contributed by atoms with Gasteiger partial charge in [0.15, 0.2) is 5.76 Å². The summed E-state index contributed by atoms with van der Waals surface area (Å²) in [6.07, 6.45) is 1.91. The van der Waals surface area contributed by atoms with Crippen LogP contribution in [0.3, 0.4) is 0 Å². The average molecular weight is 238 g/mol. The number of carbonyl (C=O) groups excluding carboxylic acids is 1. The number of aliphatic hydroxyl groups is 1. The number of aliphatic hydroxyl groups excluding tert-OH is 1. The lowest BCUT2D eigenvalue weighted by molar-refractivity contribution is 0.0588.